The van der Waals surface area contributed by atoms with Gasteiger partial charge in [-0.15, -0.1) is 0 Å². The van der Waals surface area contributed by atoms with Crippen molar-refractivity contribution < 1.29 is 50.1 Å². The number of fused-ring (bicyclic) bond motifs is 4. The molecule has 4 aliphatic carbocycles. The Morgan fingerprint density at radius 3 is 1.96 bits per heavy atom. The predicted octanol–water partition coefficient (Wildman–Crippen LogP) is 8.48. The number of alkyl halides is 5. The maximum Gasteiger partial charge on any atom is 0.456 e. The lowest BCUT2D eigenvalue weighted by Crippen LogP contribution is -2.65. The van der Waals surface area contributed by atoms with Crippen molar-refractivity contribution in [2.75, 3.05) is 19.5 Å². The first-order valence-corrected chi connectivity index (χ1v) is 19.9. The van der Waals surface area contributed by atoms with E-state index in [9.17, 15) is 31.8 Å². The molecule has 6 atom stereocenters. The van der Waals surface area contributed by atoms with Crippen LogP contribution in [0.25, 0.3) is 12.2 Å². The Hall–Kier alpha value is -2.64. The lowest BCUT2D eigenvalue weighted by atomic mass is 9.49. The van der Waals surface area contributed by atoms with Gasteiger partial charge in [-0.05, 0) is 84.8 Å². The van der Waals surface area contributed by atoms with Crippen LogP contribution in [0.2, 0.25) is 0 Å². The van der Waals surface area contributed by atoms with Crippen LogP contribution >= 0.6 is 0 Å². The molecular weight excluding hydrogens is 703 g/mol. The molecule has 1 aliphatic heterocycles. The van der Waals surface area contributed by atoms with Crippen LogP contribution < -0.4 is 0 Å². The number of rotatable bonds is 5. The monoisotopic (exact) mass is 750 g/mol. The maximum atomic E-state index is 15.4. The summed E-state index contributed by atoms with van der Waals surface area (Å²) in [6, 6.07) is 13.8. The van der Waals surface area contributed by atoms with Crippen LogP contribution in [0.15, 0.2) is 64.6 Å². The van der Waals surface area contributed by atoms with Crippen molar-refractivity contribution in [2.24, 2.45) is 22.7 Å². The molecule has 3 saturated carbocycles. The summed E-state index contributed by atoms with van der Waals surface area (Å²) < 4.78 is 109. The van der Waals surface area contributed by atoms with Gasteiger partial charge in [-0.2, -0.15) is 22.0 Å². The number of halogens is 5. The van der Waals surface area contributed by atoms with E-state index < -0.39 is 68.5 Å². The quantitative estimate of drug-likeness (QED) is 0.181. The summed E-state index contributed by atoms with van der Waals surface area (Å²) in [4.78, 5) is 0.207. The van der Waals surface area contributed by atoms with Gasteiger partial charge in [-0.1, -0.05) is 74.9 Å². The Kier molecular flexibility index (Phi) is 8.82. The average Bonchev–Trinajstić information content (AvgIpc) is 3.35. The second-order valence-electron chi connectivity index (χ2n) is 17.0. The van der Waals surface area contributed by atoms with Gasteiger partial charge in [0, 0.05) is 35.8 Å². The zero-order valence-corrected chi connectivity index (χ0v) is 30.7. The lowest BCUT2D eigenvalue weighted by Gasteiger charge is -2.59. The molecule has 4 fully saturated rings. The minimum atomic E-state index is -5.92. The van der Waals surface area contributed by atoms with Gasteiger partial charge < -0.3 is 19.7 Å². The van der Waals surface area contributed by atoms with E-state index in [4.69, 9.17) is 9.47 Å². The highest BCUT2D eigenvalue weighted by molar-refractivity contribution is 7.90. The molecular formula is C40H47F5O6S. The van der Waals surface area contributed by atoms with Crippen LogP contribution in [0, 0.1) is 22.7 Å². The molecule has 0 amide bonds. The summed E-state index contributed by atoms with van der Waals surface area (Å²) in [5.41, 5.74) is -2.56. The second kappa shape index (κ2) is 12.2. The molecule has 52 heavy (non-hydrogen) atoms. The molecule has 1 spiro atoms. The Balaban J connectivity index is 1.27. The molecule has 0 unspecified atom stereocenters. The molecule has 1 heterocycles. The topological polar surface area (TPSA) is 93.1 Å². The van der Waals surface area contributed by atoms with Gasteiger partial charge >= 0.3 is 12.1 Å². The zero-order chi connectivity index (χ0) is 37.8. The molecule has 1 saturated heterocycles. The fraction of sp³-hybridized carbons (Fsp3) is 0.600. The van der Waals surface area contributed by atoms with Gasteiger partial charge in [0.2, 0.25) is 0 Å². The van der Waals surface area contributed by atoms with Crippen molar-refractivity contribution in [2.45, 2.75) is 112 Å². The number of allylic oxidation sites excluding steroid dienone is 1. The van der Waals surface area contributed by atoms with E-state index in [0.29, 0.717) is 38.0 Å². The van der Waals surface area contributed by atoms with Crippen LogP contribution in [0.5, 0.6) is 0 Å². The Labute approximate surface area is 302 Å². The third kappa shape index (κ3) is 5.99. The van der Waals surface area contributed by atoms with E-state index in [1.165, 1.54) is 19.1 Å². The first-order chi connectivity index (χ1) is 24.0. The van der Waals surface area contributed by atoms with Crippen LogP contribution in [0.4, 0.5) is 22.0 Å². The minimum Gasteiger partial charge on any atom is -0.385 e. The van der Waals surface area contributed by atoms with Crippen molar-refractivity contribution in [1.82, 2.24) is 0 Å². The standard InChI is InChI=1S/C40H47F5O6S/c1-34(2)23-50-37(51-24-34)19-16-32-33-29(15-18-36(32,46)22-37)31-17-20-38(47,39(41,42)40(43,44)45)35(31,3)21-30(33)27-11-7-25(8-12-27)5-6-26-9-13-28(14-10-26)52(4,48)49/h5-14,29-31,46-47H,15-24H2,1-4H3/t29-,30+,31-,35-,36+,38-/m0/s1. The third-order valence-electron chi connectivity index (χ3n) is 13.0. The molecule has 12 heteroatoms. The molecule has 0 radical (unpaired) electrons. The summed E-state index contributed by atoms with van der Waals surface area (Å²) in [5, 5.41) is 24.0. The second-order valence-corrected chi connectivity index (χ2v) is 19.0. The van der Waals surface area contributed by atoms with E-state index in [2.05, 4.69) is 0 Å². The number of hydrogen-bond donors (Lipinski definition) is 2. The molecule has 6 nitrogen and oxygen atoms in total. The van der Waals surface area contributed by atoms with Gasteiger partial charge in [0.1, 0.15) is 5.60 Å². The van der Waals surface area contributed by atoms with Crippen molar-refractivity contribution >= 4 is 22.0 Å². The van der Waals surface area contributed by atoms with Gasteiger partial charge in [-0.25, -0.2) is 8.42 Å². The molecule has 7 rings (SSSR count). The molecule has 2 aromatic carbocycles. The highest BCUT2D eigenvalue weighted by atomic mass is 32.2. The van der Waals surface area contributed by atoms with Gasteiger partial charge in [-0.3, -0.25) is 0 Å². The average molecular weight is 751 g/mol. The Morgan fingerprint density at radius 1 is 0.827 bits per heavy atom. The van der Waals surface area contributed by atoms with Crippen LogP contribution in [-0.4, -0.2) is 67.2 Å². The summed E-state index contributed by atoms with van der Waals surface area (Å²) >= 11 is 0. The van der Waals surface area contributed by atoms with Gasteiger partial charge in [0.05, 0.1) is 23.7 Å². The van der Waals surface area contributed by atoms with Crippen molar-refractivity contribution in [1.29, 1.82) is 0 Å². The lowest BCUT2D eigenvalue weighted by molar-refractivity contribution is -0.362. The van der Waals surface area contributed by atoms with Crippen molar-refractivity contribution in [3.8, 4) is 0 Å². The molecule has 284 valence electrons. The van der Waals surface area contributed by atoms with E-state index in [0.717, 1.165) is 28.5 Å². The highest BCUT2D eigenvalue weighted by Crippen LogP contribution is 2.71. The van der Waals surface area contributed by atoms with Gasteiger partial charge in [0.25, 0.3) is 0 Å². The summed E-state index contributed by atoms with van der Waals surface area (Å²) in [6.45, 7) is 6.44. The molecule has 5 aliphatic rings. The van der Waals surface area contributed by atoms with Gasteiger partial charge in [0.15, 0.2) is 15.6 Å². The van der Waals surface area contributed by atoms with E-state index in [1.54, 1.807) is 12.1 Å². The van der Waals surface area contributed by atoms with Crippen LogP contribution in [0.1, 0.15) is 94.7 Å². The third-order valence-corrected chi connectivity index (χ3v) is 14.1. The van der Waals surface area contributed by atoms with E-state index >= 15 is 8.78 Å². The molecule has 0 aromatic heterocycles. The predicted molar refractivity (Wildman–Crippen MR) is 186 cm³/mol. The minimum absolute atomic E-state index is 0.0193. The fourth-order valence-corrected chi connectivity index (χ4v) is 10.8. The summed E-state index contributed by atoms with van der Waals surface area (Å²) in [5.74, 6) is -7.93. The number of hydrogen-bond acceptors (Lipinski definition) is 6. The summed E-state index contributed by atoms with van der Waals surface area (Å²) in [6.07, 6.45) is -0.129. The molecule has 2 N–H and O–H groups in total. The first-order valence-electron chi connectivity index (χ1n) is 18.0. The maximum absolute atomic E-state index is 15.4. The summed E-state index contributed by atoms with van der Waals surface area (Å²) in [7, 11) is -3.34. The van der Waals surface area contributed by atoms with Crippen molar-refractivity contribution in [3.05, 3.63) is 76.4 Å². The molecule has 2 aromatic rings. The first kappa shape index (κ1) is 37.7. The molecule has 0 bridgehead atoms. The smallest absolute Gasteiger partial charge is 0.385 e. The number of aliphatic hydroxyl groups is 2. The van der Waals surface area contributed by atoms with E-state index in [1.807, 2.05) is 50.3 Å². The van der Waals surface area contributed by atoms with Crippen LogP contribution in [0.3, 0.4) is 0 Å². The number of sulfone groups is 1. The Bertz CT molecular complexity index is 1880. The van der Waals surface area contributed by atoms with Crippen molar-refractivity contribution in [3.63, 3.8) is 0 Å². The highest BCUT2D eigenvalue weighted by Gasteiger charge is 2.79. The fourth-order valence-electron chi connectivity index (χ4n) is 10.2. The van der Waals surface area contributed by atoms with Crippen LogP contribution in [-0.2, 0) is 19.3 Å². The SMILES string of the molecule is CC1(C)COC2(CCC3=C4[C@@H](CC[C@@]3(O)C2)[C@@H]2CC[C@@](O)(C(F)(F)C(F)(F)F)[C@@]2(C)C[C@@H]4c2ccc(C=Cc3ccc(S(C)(=O)=O)cc3)cc2)OC1. The number of benzene rings is 2. The van der Waals surface area contributed by atoms with E-state index in [-0.39, 0.29) is 36.0 Å². The number of ether oxygens (including phenoxy) is 2. The Morgan fingerprint density at radius 2 is 1.40 bits per heavy atom. The largest absolute Gasteiger partial charge is 0.456 e. The normalized spacial score (nSPS) is 34.6. The zero-order valence-electron chi connectivity index (χ0n) is 29.9.